The van der Waals surface area contributed by atoms with Crippen LogP contribution in [0.2, 0.25) is 0 Å². The maximum absolute atomic E-state index is 12.8. The first-order valence-corrected chi connectivity index (χ1v) is 8.79. The Morgan fingerprint density at radius 3 is 3.00 bits per heavy atom. The van der Waals surface area contributed by atoms with Crippen LogP contribution in [0.1, 0.15) is 50.2 Å². The molecule has 1 N–H and O–H groups in total. The number of carbonyl (C=O) groups is 1. The lowest BCUT2D eigenvalue weighted by atomic mass is 9.98. The van der Waals surface area contributed by atoms with E-state index in [2.05, 4.69) is 11.4 Å². The first kappa shape index (κ1) is 18.3. The predicted octanol–water partition coefficient (Wildman–Crippen LogP) is 3.93. The van der Waals surface area contributed by atoms with E-state index in [1.807, 2.05) is 24.0 Å². The van der Waals surface area contributed by atoms with Crippen molar-refractivity contribution in [2.24, 2.45) is 0 Å². The summed E-state index contributed by atoms with van der Waals surface area (Å²) in [6.07, 6.45) is 6.03. The van der Waals surface area contributed by atoms with E-state index >= 15 is 0 Å². The van der Waals surface area contributed by atoms with E-state index < -0.39 is 0 Å². The van der Waals surface area contributed by atoms with Crippen molar-refractivity contribution < 1.29 is 9.53 Å². The fraction of sp³-hybridized carbons (Fsp3) is 0.579. The molecule has 24 heavy (non-hydrogen) atoms. The molecule has 1 saturated heterocycles. The molecule has 0 spiro atoms. The zero-order valence-electron chi connectivity index (χ0n) is 14.7. The normalized spacial score (nSPS) is 17.4. The average molecular weight is 329 g/mol. The van der Waals surface area contributed by atoms with Gasteiger partial charge in [0.15, 0.2) is 0 Å². The van der Waals surface area contributed by atoms with Crippen molar-refractivity contribution in [1.82, 2.24) is 4.90 Å². The number of ether oxygens (including phenoxy) is 1. The highest BCUT2D eigenvalue weighted by Gasteiger charge is 2.26. The van der Waals surface area contributed by atoms with Gasteiger partial charge in [-0.1, -0.05) is 6.92 Å². The van der Waals surface area contributed by atoms with Crippen LogP contribution in [0.5, 0.6) is 0 Å². The van der Waals surface area contributed by atoms with E-state index in [9.17, 15) is 4.79 Å². The molecule has 0 unspecified atom stereocenters. The van der Waals surface area contributed by atoms with Gasteiger partial charge in [0, 0.05) is 32.0 Å². The lowest BCUT2D eigenvalue weighted by Gasteiger charge is -2.36. The molecule has 0 radical (unpaired) electrons. The van der Waals surface area contributed by atoms with Gasteiger partial charge >= 0.3 is 6.03 Å². The molecule has 1 aliphatic heterocycles. The second kappa shape index (κ2) is 9.29. The highest BCUT2D eigenvalue weighted by molar-refractivity contribution is 5.90. The van der Waals surface area contributed by atoms with Gasteiger partial charge in [-0.3, -0.25) is 0 Å². The van der Waals surface area contributed by atoms with Crippen LogP contribution in [0.3, 0.4) is 0 Å². The van der Waals surface area contributed by atoms with Crippen molar-refractivity contribution in [3.8, 4) is 6.07 Å². The standard InChI is InChI=1S/C19H27N3O2/c1-3-16-13-15(14-20)9-10-18(16)21-19(23)22-11-5-4-7-17(22)8-6-12-24-2/h9-10,13,17H,3-8,11-12H2,1-2H3,(H,21,23)/t17-/m1/s1. The number of hydrogen-bond acceptors (Lipinski definition) is 3. The number of urea groups is 1. The van der Waals surface area contributed by atoms with Crippen LogP contribution >= 0.6 is 0 Å². The van der Waals surface area contributed by atoms with Gasteiger partial charge in [-0.25, -0.2) is 4.79 Å². The summed E-state index contributed by atoms with van der Waals surface area (Å²) in [6, 6.07) is 7.84. The largest absolute Gasteiger partial charge is 0.385 e. The molecule has 0 aromatic heterocycles. The van der Waals surface area contributed by atoms with Gasteiger partial charge in [-0.2, -0.15) is 5.26 Å². The lowest BCUT2D eigenvalue weighted by molar-refractivity contribution is 0.141. The molecule has 0 saturated carbocycles. The fourth-order valence-corrected chi connectivity index (χ4v) is 3.30. The number of nitrogens with zero attached hydrogens (tertiary/aromatic N) is 2. The Morgan fingerprint density at radius 2 is 2.29 bits per heavy atom. The summed E-state index contributed by atoms with van der Waals surface area (Å²) in [5.74, 6) is 0. The molecule has 2 amide bonds. The Labute approximate surface area is 144 Å². The molecule has 1 aromatic carbocycles. The Morgan fingerprint density at radius 1 is 1.46 bits per heavy atom. The smallest absolute Gasteiger partial charge is 0.322 e. The van der Waals surface area contributed by atoms with Crippen LogP contribution in [-0.4, -0.2) is 37.2 Å². The van der Waals surface area contributed by atoms with Gasteiger partial charge in [0.1, 0.15) is 0 Å². The second-order valence-electron chi connectivity index (χ2n) is 6.25. The van der Waals surface area contributed by atoms with Crippen molar-refractivity contribution in [3.05, 3.63) is 29.3 Å². The van der Waals surface area contributed by atoms with Gasteiger partial charge in [0.05, 0.1) is 11.6 Å². The molecule has 0 aliphatic carbocycles. The van der Waals surface area contributed by atoms with Crippen LogP contribution < -0.4 is 5.32 Å². The molecule has 2 rings (SSSR count). The Balaban J connectivity index is 2.05. The molecule has 1 aromatic rings. The number of benzene rings is 1. The zero-order chi connectivity index (χ0) is 17.4. The number of hydrogen-bond donors (Lipinski definition) is 1. The maximum atomic E-state index is 12.8. The minimum absolute atomic E-state index is 0.0310. The number of nitrogens with one attached hydrogen (secondary N) is 1. The van der Waals surface area contributed by atoms with Crippen LogP contribution in [0.4, 0.5) is 10.5 Å². The third-order valence-electron chi connectivity index (χ3n) is 4.63. The number of methoxy groups -OCH3 is 1. The summed E-state index contributed by atoms with van der Waals surface area (Å²) in [5.41, 5.74) is 2.43. The van der Waals surface area contributed by atoms with Crippen molar-refractivity contribution >= 4 is 11.7 Å². The molecule has 0 bridgehead atoms. The first-order chi connectivity index (χ1) is 11.7. The molecule has 1 fully saturated rings. The Kier molecular flexibility index (Phi) is 7.07. The fourth-order valence-electron chi connectivity index (χ4n) is 3.30. The SMILES string of the molecule is CCc1cc(C#N)ccc1NC(=O)N1CCCC[C@@H]1CCCOC. The molecule has 130 valence electrons. The van der Waals surface area contributed by atoms with Gasteiger partial charge in [-0.05, 0) is 62.3 Å². The molecule has 1 heterocycles. The van der Waals surface area contributed by atoms with E-state index in [0.717, 1.165) is 56.5 Å². The number of amides is 2. The summed E-state index contributed by atoms with van der Waals surface area (Å²) in [4.78, 5) is 14.7. The van der Waals surface area contributed by atoms with Gasteiger partial charge in [0.25, 0.3) is 0 Å². The second-order valence-corrected chi connectivity index (χ2v) is 6.25. The number of piperidine rings is 1. The van der Waals surface area contributed by atoms with Crippen molar-refractivity contribution in [1.29, 1.82) is 5.26 Å². The minimum Gasteiger partial charge on any atom is -0.385 e. The number of carbonyl (C=O) groups excluding carboxylic acids is 1. The quantitative estimate of drug-likeness (QED) is 0.804. The van der Waals surface area contributed by atoms with Gasteiger partial charge in [0.2, 0.25) is 0 Å². The zero-order valence-corrected chi connectivity index (χ0v) is 14.7. The summed E-state index contributed by atoms with van der Waals surface area (Å²) >= 11 is 0. The molecule has 1 aliphatic rings. The summed E-state index contributed by atoms with van der Waals surface area (Å²) < 4.78 is 5.13. The number of aryl methyl sites for hydroxylation is 1. The number of rotatable bonds is 6. The molecule has 1 atom stereocenters. The van der Waals surface area contributed by atoms with E-state index in [-0.39, 0.29) is 12.1 Å². The van der Waals surface area contributed by atoms with Crippen molar-refractivity contribution in [3.63, 3.8) is 0 Å². The van der Waals surface area contributed by atoms with Crippen molar-refractivity contribution in [2.45, 2.75) is 51.5 Å². The van der Waals surface area contributed by atoms with E-state index in [4.69, 9.17) is 10.00 Å². The third kappa shape index (κ3) is 4.72. The number of likely N-dealkylation sites (tertiary alicyclic amines) is 1. The molecular formula is C19H27N3O2. The monoisotopic (exact) mass is 329 g/mol. The van der Waals surface area contributed by atoms with Crippen molar-refractivity contribution in [2.75, 3.05) is 25.6 Å². The van der Waals surface area contributed by atoms with E-state index in [1.54, 1.807) is 13.2 Å². The third-order valence-corrected chi connectivity index (χ3v) is 4.63. The number of anilines is 1. The Bertz CT molecular complexity index is 595. The highest BCUT2D eigenvalue weighted by Crippen LogP contribution is 2.24. The van der Waals surface area contributed by atoms with Gasteiger partial charge < -0.3 is 15.0 Å². The predicted molar refractivity (Wildman–Crippen MR) is 95.0 cm³/mol. The van der Waals surface area contributed by atoms with Crippen LogP contribution in [0.15, 0.2) is 18.2 Å². The number of nitriles is 1. The molecular weight excluding hydrogens is 302 g/mol. The Hall–Kier alpha value is -2.06. The maximum Gasteiger partial charge on any atom is 0.322 e. The van der Waals surface area contributed by atoms with Crippen LogP contribution in [-0.2, 0) is 11.2 Å². The molecule has 5 heteroatoms. The lowest BCUT2D eigenvalue weighted by Crippen LogP contribution is -2.46. The topological polar surface area (TPSA) is 65.4 Å². The highest BCUT2D eigenvalue weighted by atomic mass is 16.5. The molecule has 5 nitrogen and oxygen atoms in total. The van der Waals surface area contributed by atoms with Crippen LogP contribution in [0, 0.1) is 11.3 Å². The van der Waals surface area contributed by atoms with Gasteiger partial charge in [-0.15, -0.1) is 0 Å². The van der Waals surface area contributed by atoms with E-state index in [1.165, 1.54) is 6.42 Å². The summed E-state index contributed by atoms with van der Waals surface area (Å²) in [6.45, 7) is 3.57. The van der Waals surface area contributed by atoms with E-state index in [0.29, 0.717) is 5.56 Å². The summed E-state index contributed by atoms with van der Waals surface area (Å²) in [7, 11) is 1.71. The first-order valence-electron chi connectivity index (χ1n) is 8.79. The van der Waals surface area contributed by atoms with Crippen LogP contribution in [0.25, 0.3) is 0 Å². The minimum atomic E-state index is -0.0310. The average Bonchev–Trinajstić information content (AvgIpc) is 2.62. The summed E-state index contributed by atoms with van der Waals surface area (Å²) in [5, 5.41) is 12.1.